The van der Waals surface area contributed by atoms with E-state index < -0.39 is 0 Å². The summed E-state index contributed by atoms with van der Waals surface area (Å²) in [5.74, 6) is 1.80. The molecule has 0 saturated carbocycles. The molecule has 144 valence electrons. The van der Waals surface area contributed by atoms with Crippen LogP contribution in [-0.4, -0.2) is 57.3 Å². The highest BCUT2D eigenvalue weighted by Crippen LogP contribution is 2.30. The Morgan fingerprint density at radius 3 is 2.75 bits per heavy atom. The van der Waals surface area contributed by atoms with E-state index in [0.29, 0.717) is 24.7 Å². The predicted molar refractivity (Wildman–Crippen MR) is 102 cm³/mol. The van der Waals surface area contributed by atoms with Crippen molar-refractivity contribution >= 4 is 5.91 Å². The maximum atomic E-state index is 12.5. The van der Waals surface area contributed by atoms with Gasteiger partial charge >= 0.3 is 0 Å². The first kappa shape index (κ1) is 18.0. The molecule has 3 aromatic rings. The largest absolute Gasteiger partial charge is 0.486 e. The van der Waals surface area contributed by atoms with E-state index in [9.17, 15) is 4.79 Å². The smallest absolute Gasteiger partial charge is 0.246 e. The average Bonchev–Trinajstić information content (AvgIpc) is 3.16. The van der Waals surface area contributed by atoms with Gasteiger partial charge in [0, 0.05) is 12.6 Å². The van der Waals surface area contributed by atoms with Gasteiger partial charge in [-0.05, 0) is 29.8 Å². The zero-order valence-corrected chi connectivity index (χ0v) is 15.8. The minimum atomic E-state index is -0.227. The maximum absolute atomic E-state index is 12.5. The number of amides is 1. The normalized spacial score (nSPS) is 15.3. The summed E-state index contributed by atoms with van der Waals surface area (Å²) in [6.45, 7) is 2.80. The number of tetrazole rings is 1. The Morgan fingerprint density at radius 2 is 1.93 bits per heavy atom. The second-order valence-corrected chi connectivity index (χ2v) is 6.73. The second kappa shape index (κ2) is 7.67. The second-order valence-electron chi connectivity index (χ2n) is 6.73. The summed E-state index contributed by atoms with van der Waals surface area (Å²) in [7, 11) is 1.73. The van der Waals surface area contributed by atoms with Crippen molar-refractivity contribution in [1.29, 1.82) is 0 Å². The molecular weight excluding hydrogens is 358 g/mol. The maximum Gasteiger partial charge on any atom is 0.246 e. The Hall–Kier alpha value is -3.42. The van der Waals surface area contributed by atoms with Gasteiger partial charge in [-0.25, -0.2) is 0 Å². The van der Waals surface area contributed by atoms with Gasteiger partial charge in [0.25, 0.3) is 0 Å². The Labute approximate surface area is 162 Å². The van der Waals surface area contributed by atoms with E-state index in [0.717, 1.165) is 16.9 Å². The van der Waals surface area contributed by atoms with Crippen molar-refractivity contribution in [3.63, 3.8) is 0 Å². The molecule has 0 bridgehead atoms. The number of aryl methyl sites for hydroxylation is 1. The summed E-state index contributed by atoms with van der Waals surface area (Å²) in [5, 5.41) is 12.4. The molecule has 2 aromatic carbocycles. The van der Waals surface area contributed by atoms with Crippen LogP contribution in [0.2, 0.25) is 0 Å². The highest BCUT2D eigenvalue weighted by atomic mass is 16.6. The number of hydrogen-bond donors (Lipinski definition) is 0. The molecule has 28 heavy (non-hydrogen) atoms. The third-order valence-corrected chi connectivity index (χ3v) is 4.59. The van der Waals surface area contributed by atoms with E-state index in [1.54, 1.807) is 11.9 Å². The van der Waals surface area contributed by atoms with Gasteiger partial charge in [-0.3, -0.25) is 4.79 Å². The van der Waals surface area contributed by atoms with Crippen LogP contribution in [0.1, 0.15) is 5.56 Å². The summed E-state index contributed by atoms with van der Waals surface area (Å²) < 4.78 is 11.6. The zero-order valence-electron chi connectivity index (χ0n) is 15.8. The summed E-state index contributed by atoms with van der Waals surface area (Å²) in [4.78, 5) is 15.5. The van der Waals surface area contributed by atoms with Crippen molar-refractivity contribution < 1.29 is 14.3 Å². The van der Waals surface area contributed by atoms with Gasteiger partial charge < -0.3 is 14.4 Å². The number of ether oxygens (including phenoxy) is 2. The van der Waals surface area contributed by atoms with Gasteiger partial charge in [0.1, 0.15) is 13.2 Å². The first-order valence-corrected chi connectivity index (χ1v) is 9.06. The first-order valence-electron chi connectivity index (χ1n) is 9.06. The topological polar surface area (TPSA) is 82.4 Å². The van der Waals surface area contributed by atoms with Crippen LogP contribution in [0.5, 0.6) is 11.5 Å². The molecule has 4 rings (SSSR count). The van der Waals surface area contributed by atoms with Crippen LogP contribution in [0.25, 0.3) is 11.4 Å². The van der Waals surface area contributed by atoms with Gasteiger partial charge in [-0.2, -0.15) is 4.80 Å². The lowest BCUT2D eigenvalue weighted by Gasteiger charge is -2.29. The van der Waals surface area contributed by atoms with Crippen LogP contribution in [-0.2, 0) is 11.3 Å². The molecule has 8 nitrogen and oxygen atoms in total. The molecule has 2 heterocycles. The van der Waals surface area contributed by atoms with Gasteiger partial charge in [0.2, 0.25) is 11.7 Å². The number of rotatable bonds is 5. The number of aromatic nitrogens is 4. The molecule has 0 saturated heterocycles. The molecule has 8 heteroatoms. The lowest BCUT2D eigenvalue weighted by molar-refractivity contribution is -0.132. The Bertz CT molecular complexity index is 987. The van der Waals surface area contributed by atoms with Gasteiger partial charge in [0.05, 0.1) is 6.54 Å². The SMILES string of the molecule is Cc1ccccc1-c1nnn(CC(=O)N(C)C[C@H]2COc3ccccc3O2)n1. The van der Waals surface area contributed by atoms with Crippen LogP contribution in [0.15, 0.2) is 48.5 Å². The molecule has 1 aliphatic rings. The van der Waals surface area contributed by atoms with Crippen LogP contribution < -0.4 is 9.47 Å². The molecule has 0 aliphatic carbocycles. The number of likely N-dealkylation sites (N-methyl/N-ethyl adjacent to an activating group) is 1. The van der Waals surface area contributed by atoms with Crippen molar-refractivity contribution in [2.24, 2.45) is 0 Å². The number of para-hydroxylation sites is 2. The molecule has 0 N–H and O–H groups in total. The quantitative estimate of drug-likeness (QED) is 0.674. The highest BCUT2D eigenvalue weighted by molar-refractivity contribution is 5.75. The van der Waals surface area contributed by atoms with E-state index in [1.807, 2.05) is 55.5 Å². The first-order chi connectivity index (χ1) is 13.6. The average molecular weight is 379 g/mol. The van der Waals surface area contributed by atoms with E-state index in [2.05, 4.69) is 15.4 Å². The van der Waals surface area contributed by atoms with Crippen LogP contribution in [0, 0.1) is 6.92 Å². The molecule has 1 amide bonds. The minimum Gasteiger partial charge on any atom is -0.486 e. The highest BCUT2D eigenvalue weighted by Gasteiger charge is 2.24. The predicted octanol–water partition coefficient (Wildman–Crippen LogP) is 1.95. The van der Waals surface area contributed by atoms with Crippen molar-refractivity contribution in [3.05, 3.63) is 54.1 Å². The molecule has 0 spiro atoms. The summed E-state index contributed by atoms with van der Waals surface area (Å²) in [5.41, 5.74) is 1.96. The third-order valence-electron chi connectivity index (χ3n) is 4.59. The monoisotopic (exact) mass is 379 g/mol. The number of benzene rings is 2. The Morgan fingerprint density at radius 1 is 1.18 bits per heavy atom. The molecule has 0 unspecified atom stereocenters. The lowest BCUT2D eigenvalue weighted by atomic mass is 10.1. The summed E-state index contributed by atoms with van der Waals surface area (Å²) in [6.07, 6.45) is -0.227. The van der Waals surface area contributed by atoms with E-state index >= 15 is 0 Å². The zero-order chi connectivity index (χ0) is 19.5. The van der Waals surface area contributed by atoms with Crippen molar-refractivity contribution in [3.8, 4) is 22.9 Å². The lowest BCUT2D eigenvalue weighted by Crippen LogP contribution is -2.43. The number of carbonyl (C=O) groups excluding carboxylic acids is 1. The fourth-order valence-corrected chi connectivity index (χ4v) is 3.04. The van der Waals surface area contributed by atoms with E-state index in [-0.39, 0.29) is 18.6 Å². The van der Waals surface area contributed by atoms with E-state index in [4.69, 9.17) is 9.47 Å². The standard InChI is InChI=1S/C20H21N5O3/c1-14-7-3-4-8-16(14)20-21-23-25(22-20)12-19(26)24(2)11-15-13-27-17-9-5-6-10-18(17)28-15/h3-10,15H,11-13H2,1-2H3/t15-/m0/s1. The van der Waals surface area contributed by atoms with Crippen LogP contribution >= 0.6 is 0 Å². The fourth-order valence-electron chi connectivity index (χ4n) is 3.04. The van der Waals surface area contributed by atoms with E-state index in [1.165, 1.54) is 4.80 Å². The molecule has 1 atom stereocenters. The van der Waals surface area contributed by atoms with Crippen molar-refractivity contribution in [1.82, 2.24) is 25.1 Å². The third kappa shape index (κ3) is 3.80. The number of carbonyl (C=O) groups is 1. The number of hydrogen-bond acceptors (Lipinski definition) is 6. The van der Waals surface area contributed by atoms with Crippen molar-refractivity contribution in [2.75, 3.05) is 20.2 Å². The van der Waals surface area contributed by atoms with Gasteiger partial charge in [-0.15, -0.1) is 10.2 Å². The van der Waals surface area contributed by atoms with Crippen molar-refractivity contribution in [2.45, 2.75) is 19.6 Å². The molecule has 0 radical (unpaired) electrons. The van der Waals surface area contributed by atoms with Gasteiger partial charge in [-0.1, -0.05) is 36.4 Å². The molecule has 1 aliphatic heterocycles. The van der Waals surface area contributed by atoms with Gasteiger partial charge in [0.15, 0.2) is 17.6 Å². The minimum absolute atomic E-state index is 0.0134. The molecule has 0 fully saturated rings. The number of nitrogens with zero attached hydrogens (tertiary/aromatic N) is 5. The van der Waals surface area contributed by atoms with Crippen LogP contribution in [0.4, 0.5) is 0 Å². The van der Waals surface area contributed by atoms with Crippen LogP contribution in [0.3, 0.4) is 0 Å². The molecular formula is C20H21N5O3. The number of fused-ring (bicyclic) bond motifs is 1. The Balaban J connectivity index is 1.36. The Kier molecular flexibility index (Phi) is 4.92. The summed E-state index contributed by atoms with van der Waals surface area (Å²) >= 11 is 0. The fraction of sp³-hybridized carbons (Fsp3) is 0.300. The molecule has 1 aromatic heterocycles. The summed E-state index contributed by atoms with van der Waals surface area (Å²) in [6, 6.07) is 15.3.